The molecule has 0 bridgehead atoms. The molecule has 1 saturated carbocycles. The first-order valence-electron chi connectivity index (χ1n) is 15.6. The van der Waals surface area contributed by atoms with E-state index in [-0.39, 0.29) is 11.8 Å². The van der Waals surface area contributed by atoms with Crippen LogP contribution in [0, 0.1) is 18.8 Å². The second-order valence-corrected chi connectivity index (χ2v) is 12.7. The van der Waals surface area contributed by atoms with Gasteiger partial charge in [-0.2, -0.15) is 5.10 Å². The van der Waals surface area contributed by atoms with E-state index >= 15 is 0 Å². The van der Waals surface area contributed by atoms with Gasteiger partial charge in [0.15, 0.2) is 0 Å². The lowest BCUT2D eigenvalue weighted by Gasteiger charge is -2.32. The van der Waals surface area contributed by atoms with Gasteiger partial charge in [0.2, 0.25) is 0 Å². The van der Waals surface area contributed by atoms with Crippen molar-refractivity contribution in [3.63, 3.8) is 0 Å². The Labute approximate surface area is 254 Å². The summed E-state index contributed by atoms with van der Waals surface area (Å²) in [6.07, 6.45) is 11.1. The third-order valence-corrected chi connectivity index (χ3v) is 8.71. The molecule has 4 aromatic rings. The first kappa shape index (κ1) is 28.8. The van der Waals surface area contributed by atoms with Crippen molar-refractivity contribution in [2.45, 2.75) is 65.3 Å². The van der Waals surface area contributed by atoms with Gasteiger partial charge < -0.3 is 10.2 Å². The first-order chi connectivity index (χ1) is 20.8. The van der Waals surface area contributed by atoms with Crippen LogP contribution in [0.4, 0.5) is 5.69 Å². The van der Waals surface area contributed by atoms with Crippen LogP contribution in [0.2, 0.25) is 0 Å². The van der Waals surface area contributed by atoms with Gasteiger partial charge in [-0.25, -0.2) is 0 Å². The maximum Gasteiger partial charge on any atom is 0.257 e. The average molecular weight is 576 g/mol. The van der Waals surface area contributed by atoms with Gasteiger partial charge >= 0.3 is 0 Å². The van der Waals surface area contributed by atoms with E-state index in [2.05, 4.69) is 64.4 Å². The van der Waals surface area contributed by atoms with Crippen molar-refractivity contribution in [3.8, 4) is 11.1 Å². The molecule has 0 atom stereocenters. The zero-order valence-corrected chi connectivity index (χ0v) is 25.4. The highest BCUT2D eigenvalue weighted by Gasteiger charge is 2.26. The van der Waals surface area contributed by atoms with E-state index in [9.17, 15) is 9.59 Å². The molecule has 6 rings (SSSR count). The van der Waals surface area contributed by atoms with Crippen LogP contribution in [-0.2, 0) is 13.0 Å². The fourth-order valence-corrected chi connectivity index (χ4v) is 5.91. The molecule has 2 amide bonds. The molecule has 7 heteroatoms. The summed E-state index contributed by atoms with van der Waals surface area (Å²) < 4.78 is 2.07. The molecule has 0 radical (unpaired) electrons. The minimum absolute atomic E-state index is 0.00668. The molecule has 1 aliphatic heterocycles. The summed E-state index contributed by atoms with van der Waals surface area (Å²) in [5.41, 5.74) is 7.31. The van der Waals surface area contributed by atoms with Gasteiger partial charge in [-0.1, -0.05) is 44.2 Å². The molecule has 3 heterocycles. The van der Waals surface area contributed by atoms with Crippen molar-refractivity contribution in [3.05, 3.63) is 101 Å². The number of hydrogen-bond donors (Lipinski definition) is 1. The van der Waals surface area contributed by atoms with Crippen LogP contribution in [0.5, 0.6) is 0 Å². The van der Waals surface area contributed by atoms with E-state index in [1.807, 2.05) is 42.3 Å². The molecule has 2 aliphatic rings. The SMILES string of the molecule is Cc1ccc(C(=O)N2CCC(c3ccc(-c4cnn(CC5CC5)c4)cc3)CC2)cc1NC(=O)c1ccc(CC(C)C)nc1. The number of aryl methyl sites for hydroxylation is 1. The lowest BCUT2D eigenvalue weighted by atomic mass is 9.88. The van der Waals surface area contributed by atoms with Crippen molar-refractivity contribution in [1.29, 1.82) is 0 Å². The molecule has 1 aliphatic carbocycles. The van der Waals surface area contributed by atoms with Crippen molar-refractivity contribution >= 4 is 17.5 Å². The number of nitrogens with one attached hydrogen (secondary N) is 1. The molecule has 0 unspecified atom stereocenters. The Morgan fingerprint density at radius 3 is 2.33 bits per heavy atom. The van der Waals surface area contributed by atoms with Gasteiger partial charge in [0.05, 0.1) is 11.8 Å². The van der Waals surface area contributed by atoms with Gasteiger partial charge in [-0.3, -0.25) is 19.3 Å². The normalized spacial score (nSPS) is 15.6. The fraction of sp³-hybridized carbons (Fsp3) is 0.389. The molecule has 7 nitrogen and oxygen atoms in total. The van der Waals surface area contributed by atoms with Gasteiger partial charge in [0, 0.05) is 54.5 Å². The predicted octanol–water partition coefficient (Wildman–Crippen LogP) is 7.13. The number of nitrogens with zero attached hydrogens (tertiary/aromatic N) is 4. The van der Waals surface area contributed by atoms with Crippen molar-refractivity contribution in [1.82, 2.24) is 19.7 Å². The molecule has 43 heavy (non-hydrogen) atoms. The number of anilines is 1. The quantitative estimate of drug-likeness (QED) is 0.230. The largest absolute Gasteiger partial charge is 0.339 e. The Bertz CT molecular complexity index is 1580. The van der Waals surface area contributed by atoms with E-state index < -0.39 is 0 Å². The number of rotatable bonds is 9. The zero-order chi connectivity index (χ0) is 29.9. The summed E-state index contributed by atoms with van der Waals surface area (Å²) in [6, 6.07) is 18.1. The van der Waals surface area contributed by atoms with Crippen molar-refractivity contribution < 1.29 is 9.59 Å². The molecule has 2 fully saturated rings. The zero-order valence-electron chi connectivity index (χ0n) is 25.4. The molecule has 2 aromatic heterocycles. The number of aromatic nitrogens is 3. The van der Waals surface area contributed by atoms with Gasteiger partial charge in [0.25, 0.3) is 11.8 Å². The molecular formula is C36H41N5O2. The summed E-state index contributed by atoms with van der Waals surface area (Å²) >= 11 is 0. The summed E-state index contributed by atoms with van der Waals surface area (Å²) in [5.74, 6) is 1.53. The maximum absolute atomic E-state index is 13.5. The Morgan fingerprint density at radius 1 is 0.907 bits per heavy atom. The minimum atomic E-state index is -0.227. The summed E-state index contributed by atoms with van der Waals surface area (Å²) in [6.45, 7) is 8.68. The van der Waals surface area contributed by atoms with Crippen LogP contribution in [0.3, 0.4) is 0 Å². The number of hydrogen-bond acceptors (Lipinski definition) is 4. The number of pyridine rings is 1. The highest BCUT2D eigenvalue weighted by molar-refractivity contribution is 6.05. The number of carbonyl (C=O) groups excluding carboxylic acids is 2. The van der Waals surface area contributed by atoms with Crippen molar-refractivity contribution in [2.75, 3.05) is 18.4 Å². The summed E-state index contributed by atoms with van der Waals surface area (Å²) in [4.78, 5) is 32.8. The topological polar surface area (TPSA) is 80.1 Å². The smallest absolute Gasteiger partial charge is 0.257 e. The number of amides is 2. The second-order valence-electron chi connectivity index (χ2n) is 12.7. The van der Waals surface area contributed by atoms with Gasteiger partial charge in [-0.15, -0.1) is 0 Å². The lowest BCUT2D eigenvalue weighted by Crippen LogP contribution is -2.38. The van der Waals surface area contributed by atoms with Gasteiger partial charge in [0.1, 0.15) is 0 Å². The van der Waals surface area contributed by atoms with Gasteiger partial charge in [-0.05, 0) is 97.7 Å². The molecular weight excluding hydrogens is 534 g/mol. The van der Waals surface area contributed by atoms with Crippen LogP contribution in [-0.4, -0.2) is 44.6 Å². The highest BCUT2D eigenvalue weighted by atomic mass is 16.2. The predicted molar refractivity (Wildman–Crippen MR) is 170 cm³/mol. The van der Waals surface area contributed by atoms with E-state index in [4.69, 9.17) is 0 Å². The molecule has 222 valence electrons. The van der Waals surface area contributed by atoms with Crippen molar-refractivity contribution in [2.24, 2.45) is 11.8 Å². The third-order valence-electron chi connectivity index (χ3n) is 8.71. The van der Waals surface area contributed by atoms with Crippen LogP contribution in [0.15, 0.2) is 73.2 Å². The Kier molecular flexibility index (Phi) is 8.41. The highest BCUT2D eigenvalue weighted by Crippen LogP contribution is 2.32. The molecule has 0 spiro atoms. The standard InChI is InChI=1S/C36H41N5O2/c1-24(2)18-33-13-12-31(20-37-33)35(42)39-34-19-30(7-4-25(34)3)36(43)40-16-14-29(15-17-40)27-8-10-28(11-9-27)32-21-38-41(23-32)22-26-5-6-26/h4,7-13,19-21,23-24,26,29H,5-6,14-18,22H2,1-3H3,(H,39,42). The lowest BCUT2D eigenvalue weighted by molar-refractivity contribution is 0.0712. The Hall–Kier alpha value is -4.26. The first-order valence-corrected chi connectivity index (χ1v) is 15.6. The number of likely N-dealkylation sites (tertiary alicyclic amines) is 1. The van der Waals surface area contributed by atoms with E-state index in [1.54, 1.807) is 12.3 Å². The Balaban J connectivity index is 1.04. The number of benzene rings is 2. The number of carbonyl (C=O) groups is 2. The van der Waals surface area contributed by atoms with E-state index in [0.29, 0.717) is 41.7 Å². The molecule has 1 saturated heterocycles. The average Bonchev–Trinajstić information content (AvgIpc) is 3.71. The maximum atomic E-state index is 13.5. The second kappa shape index (κ2) is 12.5. The van der Waals surface area contributed by atoms with Crippen LogP contribution < -0.4 is 5.32 Å². The minimum Gasteiger partial charge on any atom is -0.339 e. The van der Waals surface area contributed by atoms with Crippen LogP contribution in [0.25, 0.3) is 11.1 Å². The molecule has 2 aromatic carbocycles. The van der Waals surface area contributed by atoms with Crippen LogP contribution >= 0.6 is 0 Å². The molecule has 1 N–H and O–H groups in total. The summed E-state index contributed by atoms with van der Waals surface area (Å²) in [5, 5.41) is 7.53. The fourth-order valence-electron chi connectivity index (χ4n) is 5.91. The monoisotopic (exact) mass is 575 g/mol. The van der Waals surface area contributed by atoms with E-state index in [1.165, 1.54) is 24.0 Å². The number of piperidine rings is 1. The van der Waals surface area contributed by atoms with Crippen LogP contribution in [0.1, 0.15) is 83.0 Å². The third kappa shape index (κ3) is 7.04. The Morgan fingerprint density at radius 2 is 1.65 bits per heavy atom. The summed E-state index contributed by atoms with van der Waals surface area (Å²) in [7, 11) is 0. The van der Waals surface area contributed by atoms with E-state index in [0.717, 1.165) is 48.5 Å².